The van der Waals surface area contributed by atoms with E-state index in [4.69, 9.17) is 15.7 Å². The van der Waals surface area contributed by atoms with E-state index in [0.717, 1.165) is 11.8 Å². The van der Waals surface area contributed by atoms with Gasteiger partial charge in [0.25, 0.3) is 0 Å². The monoisotopic (exact) mass is 337 g/mol. The van der Waals surface area contributed by atoms with Crippen molar-refractivity contribution >= 4 is 23.4 Å². The summed E-state index contributed by atoms with van der Waals surface area (Å²) in [5.74, 6) is -1.09. The molecule has 0 fully saturated rings. The first-order valence-corrected chi connectivity index (χ1v) is 7.47. The number of halogens is 2. The molecule has 0 unspecified atom stereocenters. The van der Waals surface area contributed by atoms with Gasteiger partial charge in [0.15, 0.2) is 5.69 Å². The lowest BCUT2D eigenvalue weighted by Gasteiger charge is -2.13. The third-order valence-corrected chi connectivity index (χ3v) is 4.11. The second-order valence-electron chi connectivity index (χ2n) is 4.45. The van der Waals surface area contributed by atoms with Crippen molar-refractivity contribution in [2.45, 2.75) is 11.3 Å². The number of benzene rings is 1. The largest absolute Gasteiger partial charge is 0.464 e. The molecule has 2 aromatic rings. The molecule has 0 radical (unpaired) electrons. The van der Waals surface area contributed by atoms with Crippen LogP contribution in [0.1, 0.15) is 16.1 Å². The lowest BCUT2D eigenvalue weighted by Crippen LogP contribution is -2.11. The van der Waals surface area contributed by atoms with Gasteiger partial charge in [-0.25, -0.2) is 13.6 Å². The highest BCUT2D eigenvalue weighted by atomic mass is 32.2. The quantitative estimate of drug-likeness (QED) is 0.670. The van der Waals surface area contributed by atoms with Gasteiger partial charge in [-0.05, 0) is 12.1 Å². The fourth-order valence-electron chi connectivity index (χ4n) is 2.04. The molecule has 0 spiro atoms. The number of para-hydroxylation sites is 1. The van der Waals surface area contributed by atoms with Crippen LogP contribution in [0.4, 0.5) is 14.5 Å². The number of nitriles is 1. The Labute approximate surface area is 135 Å². The zero-order valence-electron chi connectivity index (χ0n) is 12.1. The zero-order chi connectivity index (χ0) is 17.0. The number of alkyl halides is 2. The fourth-order valence-corrected chi connectivity index (χ4v) is 2.83. The molecule has 2 N–H and O–H groups in total. The fraction of sp³-hybridized carbons (Fsp3) is 0.200. The second kappa shape index (κ2) is 7.15. The van der Waals surface area contributed by atoms with E-state index in [1.165, 1.54) is 17.9 Å². The Morgan fingerprint density at radius 3 is 2.78 bits per heavy atom. The van der Waals surface area contributed by atoms with Gasteiger partial charge in [-0.15, -0.1) is 11.8 Å². The van der Waals surface area contributed by atoms with Gasteiger partial charge in [-0.3, -0.25) is 0 Å². The molecule has 0 aliphatic heterocycles. The topological polar surface area (TPSA) is 81.0 Å². The molecule has 2 rings (SSSR count). The van der Waals surface area contributed by atoms with E-state index < -0.39 is 12.4 Å². The van der Waals surface area contributed by atoms with Crippen molar-refractivity contribution in [2.75, 3.05) is 18.6 Å². The molecule has 0 bridgehead atoms. The van der Waals surface area contributed by atoms with Crippen molar-refractivity contribution < 1.29 is 18.3 Å². The molecule has 23 heavy (non-hydrogen) atoms. The smallest absolute Gasteiger partial charge is 0.357 e. The Morgan fingerprint density at radius 1 is 1.48 bits per heavy atom. The minimum absolute atomic E-state index is 0.00542. The average Bonchev–Trinajstić information content (AvgIpc) is 2.88. The van der Waals surface area contributed by atoms with Gasteiger partial charge in [0.05, 0.1) is 29.8 Å². The number of methoxy groups -OCH3 is 1. The molecule has 0 amide bonds. The molecule has 1 aromatic heterocycles. The number of carbonyl (C=O) groups excluding carboxylic acids is 1. The minimum Gasteiger partial charge on any atom is -0.464 e. The van der Waals surface area contributed by atoms with Gasteiger partial charge in [0.2, 0.25) is 6.43 Å². The minimum atomic E-state index is -2.46. The summed E-state index contributed by atoms with van der Waals surface area (Å²) in [5, 5.41) is 9.10. The number of carbonyl (C=O) groups is 1. The van der Waals surface area contributed by atoms with Crippen LogP contribution >= 0.6 is 11.8 Å². The van der Waals surface area contributed by atoms with Crippen molar-refractivity contribution in [2.24, 2.45) is 0 Å². The molecule has 8 heteroatoms. The Hall–Kier alpha value is -2.53. The van der Waals surface area contributed by atoms with E-state index in [2.05, 4.69) is 0 Å². The summed E-state index contributed by atoms with van der Waals surface area (Å²) in [6, 6.07) is 8.61. The molecule has 1 aromatic carbocycles. The van der Waals surface area contributed by atoms with Gasteiger partial charge >= 0.3 is 5.97 Å². The average molecular weight is 337 g/mol. The van der Waals surface area contributed by atoms with E-state index in [0.29, 0.717) is 10.6 Å². The van der Waals surface area contributed by atoms with Crippen LogP contribution < -0.4 is 5.73 Å². The maximum atomic E-state index is 12.5. The highest BCUT2D eigenvalue weighted by Crippen LogP contribution is 2.31. The van der Waals surface area contributed by atoms with Gasteiger partial charge < -0.3 is 15.0 Å². The van der Waals surface area contributed by atoms with Crippen molar-refractivity contribution in [3.63, 3.8) is 0 Å². The lowest BCUT2D eigenvalue weighted by molar-refractivity contribution is 0.0593. The van der Waals surface area contributed by atoms with Crippen LogP contribution in [0.5, 0.6) is 0 Å². The molecule has 0 aliphatic carbocycles. The molecule has 5 nitrogen and oxygen atoms in total. The summed E-state index contributed by atoms with van der Waals surface area (Å²) in [7, 11) is 1.20. The first-order valence-electron chi connectivity index (χ1n) is 6.49. The standard InChI is InChI=1S/C15H13F2N3O2S/c1-22-15(21)14-13(19)9(6-18)7-20(14)10-4-2-3-5-11(10)23-8-12(16)17/h2-5,7,12H,8,19H2,1H3. The van der Waals surface area contributed by atoms with Crippen LogP contribution in [0.15, 0.2) is 35.4 Å². The highest BCUT2D eigenvalue weighted by molar-refractivity contribution is 7.99. The number of esters is 1. The van der Waals surface area contributed by atoms with Crippen LogP contribution in [0.25, 0.3) is 5.69 Å². The van der Waals surface area contributed by atoms with E-state index >= 15 is 0 Å². The number of thioether (sulfide) groups is 1. The van der Waals surface area contributed by atoms with Crippen LogP contribution in [0, 0.1) is 11.3 Å². The number of nitrogens with zero attached hydrogens (tertiary/aromatic N) is 2. The molecular weight excluding hydrogens is 324 g/mol. The maximum absolute atomic E-state index is 12.5. The molecule has 0 saturated heterocycles. The summed E-state index contributed by atoms with van der Waals surface area (Å²) >= 11 is 0.954. The van der Waals surface area contributed by atoms with Gasteiger partial charge in [0, 0.05) is 11.1 Å². The number of aromatic nitrogens is 1. The number of hydrogen-bond donors (Lipinski definition) is 1. The Morgan fingerprint density at radius 2 is 2.17 bits per heavy atom. The van der Waals surface area contributed by atoms with Crippen molar-refractivity contribution in [1.29, 1.82) is 5.26 Å². The van der Waals surface area contributed by atoms with Crippen LogP contribution in [0.3, 0.4) is 0 Å². The van der Waals surface area contributed by atoms with Crippen LogP contribution in [-0.2, 0) is 4.74 Å². The molecule has 1 heterocycles. The summed E-state index contributed by atoms with van der Waals surface area (Å²) in [5.41, 5.74) is 6.41. The zero-order valence-corrected chi connectivity index (χ0v) is 12.9. The number of anilines is 1. The molecule has 0 atom stereocenters. The highest BCUT2D eigenvalue weighted by Gasteiger charge is 2.23. The van der Waals surface area contributed by atoms with Crippen molar-refractivity contribution in [1.82, 2.24) is 4.57 Å². The van der Waals surface area contributed by atoms with Crippen molar-refractivity contribution in [3.8, 4) is 11.8 Å². The third-order valence-electron chi connectivity index (χ3n) is 3.03. The van der Waals surface area contributed by atoms with Crippen molar-refractivity contribution in [3.05, 3.63) is 41.7 Å². The number of nitrogens with two attached hydrogens (primary N) is 1. The summed E-state index contributed by atoms with van der Waals surface area (Å²) in [6.07, 6.45) is -1.07. The number of nitrogen functional groups attached to an aromatic ring is 1. The Bertz CT molecular complexity index is 769. The first-order chi connectivity index (χ1) is 11.0. The number of hydrogen-bond acceptors (Lipinski definition) is 5. The molecule has 120 valence electrons. The van der Waals surface area contributed by atoms with Crippen LogP contribution in [0.2, 0.25) is 0 Å². The molecular formula is C15H13F2N3O2S. The summed E-state index contributed by atoms with van der Waals surface area (Å²) in [6.45, 7) is 0. The molecule has 0 aliphatic rings. The number of rotatable bonds is 5. The third kappa shape index (κ3) is 3.46. The van der Waals surface area contributed by atoms with Gasteiger partial charge in [-0.1, -0.05) is 12.1 Å². The predicted molar refractivity (Wildman–Crippen MR) is 83.0 cm³/mol. The summed E-state index contributed by atoms with van der Waals surface area (Å²) in [4.78, 5) is 12.5. The Balaban J connectivity index is 2.59. The predicted octanol–water partition coefficient (Wildman–Crippen LogP) is 3.07. The van der Waals surface area contributed by atoms with Gasteiger partial charge in [0.1, 0.15) is 6.07 Å². The maximum Gasteiger partial charge on any atom is 0.357 e. The molecule has 0 saturated carbocycles. The van der Waals surface area contributed by atoms with E-state index in [9.17, 15) is 13.6 Å². The first kappa shape index (κ1) is 16.8. The van der Waals surface area contributed by atoms with E-state index in [-0.39, 0.29) is 22.7 Å². The second-order valence-corrected chi connectivity index (χ2v) is 5.51. The van der Waals surface area contributed by atoms with Gasteiger partial charge in [-0.2, -0.15) is 5.26 Å². The number of ether oxygens (including phenoxy) is 1. The normalized spacial score (nSPS) is 10.6. The summed E-state index contributed by atoms with van der Waals surface area (Å²) < 4.78 is 31.0. The van der Waals surface area contributed by atoms with Crippen LogP contribution in [-0.4, -0.2) is 29.8 Å². The lowest BCUT2D eigenvalue weighted by atomic mass is 10.2. The SMILES string of the molecule is COC(=O)c1c(N)c(C#N)cn1-c1ccccc1SCC(F)F. The Kier molecular flexibility index (Phi) is 5.24. The van der Waals surface area contributed by atoms with E-state index in [1.807, 2.05) is 6.07 Å². The van der Waals surface area contributed by atoms with E-state index in [1.54, 1.807) is 24.3 Å².